The Morgan fingerprint density at radius 3 is 2.38 bits per heavy atom. The van der Waals surface area contributed by atoms with E-state index in [1.807, 2.05) is 6.92 Å². The molecule has 2 aliphatic rings. The van der Waals surface area contributed by atoms with Gasteiger partial charge in [0.1, 0.15) is 0 Å². The van der Waals surface area contributed by atoms with Crippen LogP contribution in [0.25, 0.3) is 0 Å². The fourth-order valence-corrected chi connectivity index (χ4v) is 2.62. The minimum Gasteiger partial charge on any atom is -0.296 e. The highest BCUT2D eigenvalue weighted by atomic mass is 16.2. The van der Waals surface area contributed by atoms with E-state index in [-0.39, 0.29) is 11.8 Å². The van der Waals surface area contributed by atoms with Gasteiger partial charge in [0.15, 0.2) is 0 Å². The number of hydrogen-bond donors (Lipinski definition) is 1. The number of carbonyl (C=O) groups is 2. The summed E-state index contributed by atoms with van der Waals surface area (Å²) < 4.78 is 0. The van der Waals surface area contributed by atoms with Crippen molar-refractivity contribution in [2.75, 3.05) is 0 Å². The first-order valence-electron chi connectivity index (χ1n) is 4.97. The second kappa shape index (κ2) is 2.82. The van der Waals surface area contributed by atoms with Crippen LogP contribution in [0, 0.1) is 11.3 Å². The summed E-state index contributed by atoms with van der Waals surface area (Å²) in [5.41, 5.74) is -0.395. The van der Waals surface area contributed by atoms with Gasteiger partial charge in [0.25, 0.3) is 0 Å². The van der Waals surface area contributed by atoms with Gasteiger partial charge in [-0.25, -0.2) is 0 Å². The van der Waals surface area contributed by atoms with Crippen LogP contribution in [0.1, 0.15) is 39.0 Å². The molecule has 1 unspecified atom stereocenters. The number of carbonyl (C=O) groups excluding carboxylic acids is 2. The molecule has 0 aromatic heterocycles. The monoisotopic (exact) mass is 181 g/mol. The standard InChI is InChI=1S/C10H15NO2/c1-10(7-4-2-3-5-7)6-8(12)11-9(10)13/h7H,2-6H2,1H3,(H,11,12,13). The Bertz CT molecular complexity index is 256. The SMILES string of the molecule is CC1(C2CCCC2)CC(=O)NC1=O. The zero-order valence-electron chi connectivity index (χ0n) is 7.93. The fourth-order valence-electron chi connectivity index (χ4n) is 2.62. The Hall–Kier alpha value is -0.860. The molecule has 1 atom stereocenters. The molecule has 2 amide bonds. The second-order valence-electron chi connectivity index (χ2n) is 4.45. The van der Waals surface area contributed by atoms with Gasteiger partial charge in [0.05, 0.1) is 5.41 Å². The molecule has 0 spiro atoms. The van der Waals surface area contributed by atoms with Gasteiger partial charge in [-0.05, 0) is 25.7 Å². The van der Waals surface area contributed by atoms with Gasteiger partial charge >= 0.3 is 0 Å². The zero-order chi connectivity index (χ0) is 9.47. The molecule has 2 rings (SSSR count). The predicted octanol–water partition coefficient (Wildman–Crippen LogP) is 1.23. The largest absolute Gasteiger partial charge is 0.296 e. The van der Waals surface area contributed by atoms with E-state index in [1.165, 1.54) is 12.8 Å². The Labute approximate surface area is 77.9 Å². The highest BCUT2D eigenvalue weighted by Gasteiger charge is 2.48. The lowest BCUT2D eigenvalue weighted by atomic mass is 9.75. The zero-order valence-corrected chi connectivity index (χ0v) is 7.93. The summed E-state index contributed by atoms with van der Waals surface area (Å²) in [6.07, 6.45) is 5.04. The van der Waals surface area contributed by atoms with Crippen LogP contribution < -0.4 is 5.32 Å². The van der Waals surface area contributed by atoms with Crippen molar-refractivity contribution in [2.24, 2.45) is 11.3 Å². The molecule has 1 aliphatic heterocycles. The first-order valence-corrected chi connectivity index (χ1v) is 4.97. The van der Waals surface area contributed by atoms with Crippen LogP contribution in [-0.4, -0.2) is 11.8 Å². The minimum atomic E-state index is -0.395. The molecule has 1 N–H and O–H groups in total. The average molecular weight is 181 g/mol. The lowest BCUT2D eigenvalue weighted by molar-refractivity contribution is -0.129. The molecule has 1 heterocycles. The van der Waals surface area contributed by atoms with Crippen LogP contribution in [0.2, 0.25) is 0 Å². The summed E-state index contributed by atoms with van der Waals surface area (Å²) in [7, 11) is 0. The maximum absolute atomic E-state index is 11.6. The van der Waals surface area contributed by atoms with E-state index in [9.17, 15) is 9.59 Å². The molecule has 3 heteroatoms. The smallest absolute Gasteiger partial charge is 0.233 e. The van der Waals surface area contributed by atoms with Crippen LogP contribution in [-0.2, 0) is 9.59 Å². The van der Waals surface area contributed by atoms with Crippen molar-refractivity contribution in [1.82, 2.24) is 5.32 Å². The highest BCUT2D eigenvalue weighted by Crippen LogP contribution is 2.44. The Morgan fingerprint density at radius 2 is 1.92 bits per heavy atom. The molecule has 0 aromatic carbocycles. The maximum atomic E-state index is 11.6. The van der Waals surface area contributed by atoms with Gasteiger partial charge in [-0.3, -0.25) is 14.9 Å². The van der Waals surface area contributed by atoms with E-state index in [0.717, 1.165) is 12.8 Å². The van der Waals surface area contributed by atoms with Gasteiger partial charge in [-0.15, -0.1) is 0 Å². The molecular weight excluding hydrogens is 166 g/mol. The number of amides is 2. The second-order valence-corrected chi connectivity index (χ2v) is 4.45. The van der Waals surface area contributed by atoms with E-state index >= 15 is 0 Å². The Kier molecular flexibility index (Phi) is 1.90. The van der Waals surface area contributed by atoms with E-state index in [1.54, 1.807) is 0 Å². The van der Waals surface area contributed by atoms with Crippen LogP contribution in [0.4, 0.5) is 0 Å². The first-order chi connectivity index (χ1) is 6.13. The molecule has 1 aliphatic carbocycles. The van der Waals surface area contributed by atoms with Gasteiger partial charge in [0, 0.05) is 6.42 Å². The molecule has 0 aromatic rings. The Morgan fingerprint density at radius 1 is 1.31 bits per heavy atom. The summed E-state index contributed by atoms with van der Waals surface area (Å²) in [4.78, 5) is 22.7. The summed E-state index contributed by atoms with van der Waals surface area (Å²) >= 11 is 0. The highest BCUT2D eigenvalue weighted by molar-refractivity contribution is 6.05. The third-order valence-electron chi connectivity index (χ3n) is 3.56. The Balaban J connectivity index is 2.18. The van der Waals surface area contributed by atoms with Crippen molar-refractivity contribution in [2.45, 2.75) is 39.0 Å². The van der Waals surface area contributed by atoms with Crippen LogP contribution in [0.3, 0.4) is 0 Å². The normalized spacial score (nSPS) is 35.5. The molecule has 13 heavy (non-hydrogen) atoms. The summed E-state index contributed by atoms with van der Waals surface area (Å²) in [5, 5.41) is 2.41. The van der Waals surface area contributed by atoms with Crippen LogP contribution in [0.5, 0.6) is 0 Å². The quantitative estimate of drug-likeness (QED) is 0.618. The van der Waals surface area contributed by atoms with E-state index in [2.05, 4.69) is 5.32 Å². The van der Waals surface area contributed by atoms with Gasteiger partial charge in [0.2, 0.25) is 11.8 Å². The molecular formula is C10H15NO2. The predicted molar refractivity (Wildman–Crippen MR) is 47.8 cm³/mol. The van der Waals surface area contributed by atoms with Crippen molar-refractivity contribution in [3.8, 4) is 0 Å². The van der Waals surface area contributed by atoms with Gasteiger partial charge in [-0.1, -0.05) is 12.8 Å². The molecule has 1 saturated carbocycles. The third-order valence-corrected chi connectivity index (χ3v) is 3.56. The maximum Gasteiger partial charge on any atom is 0.233 e. The first kappa shape index (κ1) is 8.73. The third kappa shape index (κ3) is 1.26. The van der Waals surface area contributed by atoms with E-state index in [0.29, 0.717) is 12.3 Å². The number of nitrogens with one attached hydrogen (secondary N) is 1. The molecule has 3 nitrogen and oxygen atoms in total. The number of hydrogen-bond acceptors (Lipinski definition) is 2. The fraction of sp³-hybridized carbons (Fsp3) is 0.800. The van der Waals surface area contributed by atoms with Crippen molar-refractivity contribution < 1.29 is 9.59 Å². The van der Waals surface area contributed by atoms with Gasteiger partial charge in [-0.2, -0.15) is 0 Å². The van der Waals surface area contributed by atoms with Crippen LogP contribution in [0.15, 0.2) is 0 Å². The average Bonchev–Trinajstić information content (AvgIpc) is 2.61. The van der Waals surface area contributed by atoms with Crippen molar-refractivity contribution in [1.29, 1.82) is 0 Å². The number of imide groups is 1. The lowest BCUT2D eigenvalue weighted by Gasteiger charge is -2.26. The van der Waals surface area contributed by atoms with Crippen LogP contribution >= 0.6 is 0 Å². The summed E-state index contributed by atoms with van der Waals surface area (Å²) in [5.74, 6) is 0.280. The van der Waals surface area contributed by atoms with Crippen molar-refractivity contribution in [3.63, 3.8) is 0 Å². The topological polar surface area (TPSA) is 46.2 Å². The minimum absolute atomic E-state index is 0.0515. The summed E-state index contributed by atoms with van der Waals surface area (Å²) in [6.45, 7) is 1.93. The molecule has 0 bridgehead atoms. The van der Waals surface area contributed by atoms with Crippen molar-refractivity contribution in [3.05, 3.63) is 0 Å². The summed E-state index contributed by atoms with van der Waals surface area (Å²) in [6, 6.07) is 0. The van der Waals surface area contributed by atoms with Crippen molar-refractivity contribution >= 4 is 11.8 Å². The number of rotatable bonds is 1. The molecule has 72 valence electrons. The molecule has 0 radical (unpaired) electrons. The molecule has 1 saturated heterocycles. The van der Waals surface area contributed by atoms with E-state index in [4.69, 9.17) is 0 Å². The van der Waals surface area contributed by atoms with Gasteiger partial charge < -0.3 is 0 Å². The van der Waals surface area contributed by atoms with E-state index < -0.39 is 5.41 Å². The lowest BCUT2D eigenvalue weighted by Crippen LogP contribution is -2.34. The molecule has 2 fully saturated rings.